The number of carbonyl (C=O) groups is 2. The maximum absolute atomic E-state index is 12.5. The summed E-state index contributed by atoms with van der Waals surface area (Å²) >= 11 is 1.22. The molecule has 1 aromatic heterocycles. The minimum Gasteiger partial charge on any atom is -0.302 e. The first-order valence-electron chi connectivity index (χ1n) is 8.34. The molecule has 1 fully saturated rings. The average molecular weight is 386 g/mol. The second kappa shape index (κ2) is 6.44. The fourth-order valence-corrected chi connectivity index (χ4v) is 5.27. The standard InChI is InChI=1S/C16H23N3O4S2/c1-16(2)7-11-13(12(20)8-16)24-15(17-11)18-14(21)10-5-4-6-19(9-10)25(3,22)23/h10H,4-9H2,1-3H3,(H,17,18,21). The lowest BCUT2D eigenvalue weighted by atomic mass is 9.78. The Balaban J connectivity index is 1.71. The first-order chi connectivity index (χ1) is 11.5. The normalized spacial score (nSPS) is 24.0. The summed E-state index contributed by atoms with van der Waals surface area (Å²) in [7, 11) is -3.29. The molecule has 7 nitrogen and oxygen atoms in total. The largest absolute Gasteiger partial charge is 0.302 e. The third kappa shape index (κ3) is 4.09. The van der Waals surface area contributed by atoms with Gasteiger partial charge in [0.1, 0.15) is 0 Å². The molecule has 1 aromatic rings. The molecule has 138 valence electrons. The highest BCUT2D eigenvalue weighted by Crippen LogP contribution is 2.38. The van der Waals surface area contributed by atoms with Crippen molar-refractivity contribution in [1.82, 2.24) is 9.29 Å². The second-order valence-corrected chi connectivity index (χ2v) is 10.7. The molecule has 25 heavy (non-hydrogen) atoms. The van der Waals surface area contributed by atoms with Crippen LogP contribution in [0.25, 0.3) is 0 Å². The Kier molecular flexibility index (Phi) is 4.76. The Morgan fingerprint density at radius 1 is 1.36 bits per heavy atom. The van der Waals surface area contributed by atoms with E-state index in [-0.39, 0.29) is 23.7 Å². The van der Waals surface area contributed by atoms with Gasteiger partial charge in [0.2, 0.25) is 15.9 Å². The Morgan fingerprint density at radius 2 is 2.08 bits per heavy atom. The minimum absolute atomic E-state index is 0.0742. The van der Waals surface area contributed by atoms with Crippen molar-refractivity contribution in [1.29, 1.82) is 0 Å². The SMILES string of the molecule is CC1(C)CC(=O)c2sc(NC(=O)C3CCCN(S(C)(=O)=O)C3)nc2C1. The van der Waals surface area contributed by atoms with Crippen molar-refractivity contribution in [2.75, 3.05) is 24.7 Å². The number of rotatable bonds is 3. The number of piperidine rings is 1. The van der Waals surface area contributed by atoms with Gasteiger partial charge in [-0.05, 0) is 24.7 Å². The summed E-state index contributed by atoms with van der Waals surface area (Å²) in [5.41, 5.74) is 0.640. The summed E-state index contributed by atoms with van der Waals surface area (Å²) in [6.07, 6.45) is 3.67. The minimum atomic E-state index is -3.29. The number of ketones is 1. The van der Waals surface area contributed by atoms with Crippen LogP contribution in [0.5, 0.6) is 0 Å². The van der Waals surface area contributed by atoms with Crippen molar-refractivity contribution < 1.29 is 18.0 Å². The van der Waals surface area contributed by atoms with Crippen LogP contribution in [0.15, 0.2) is 0 Å². The zero-order chi connectivity index (χ0) is 18.4. The first-order valence-corrected chi connectivity index (χ1v) is 11.0. The van der Waals surface area contributed by atoms with Crippen molar-refractivity contribution in [3.8, 4) is 0 Å². The van der Waals surface area contributed by atoms with Gasteiger partial charge in [-0.15, -0.1) is 0 Å². The van der Waals surface area contributed by atoms with Gasteiger partial charge in [0.05, 0.1) is 22.7 Å². The van der Waals surface area contributed by atoms with Gasteiger partial charge in [0.25, 0.3) is 0 Å². The Morgan fingerprint density at radius 3 is 2.76 bits per heavy atom. The number of Topliss-reactive ketones (excluding diaryl/α,β-unsaturated/α-hetero) is 1. The number of aromatic nitrogens is 1. The summed E-state index contributed by atoms with van der Waals surface area (Å²) in [6, 6.07) is 0. The van der Waals surface area contributed by atoms with Crippen LogP contribution in [0.4, 0.5) is 5.13 Å². The van der Waals surface area contributed by atoms with Gasteiger partial charge in [0.15, 0.2) is 10.9 Å². The third-order valence-electron chi connectivity index (χ3n) is 4.69. The lowest BCUT2D eigenvalue weighted by Crippen LogP contribution is -2.43. The molecule has 1 amide bonds. The fourth-order valence-electron chi connectivity index (χ4n) is 3.44. The van der Waals surface area contributed by atoms with E-state index in [2.05, 4.69) is 10.3 Å². The molecule has 3 rings (SSSR count). The van der Waals surface area contributed by atoms with E-state index in [0.717, 1.165) is 11.9 Å². The van der Waals surface area contributed by atoms with Crippen molar-refractivity contribution in [3.05, 3.63) is 10.6 Å². The van der Waals surface area contributed by atoms with Crippen LogP contribution >= 0.6 is 11.3 Å². The quantitative estimate of drug-likeness (QED) is 0.857. The van der Waals surface area contributed by atoms with Crippen LogP contribution in [0, 0.1) is 11.3 Å². The van der Waals surface area contributed by atoms with Crippen molar-refractivity contribution in [2.45, 2.75) is 39.5 Å². The molecule has 1 aliphatic carbocycles. The maximum Gasteiger partial charge on any atom is 0.230 e. The van der Waals surface area contributed by atoms with Crippen LogP contribution in [-0.2, 0) is 21.2 Å². The number of fused-ring (bicyclic) bond motifs is 1. The lowest BCUT2D eigenvalue weighted by molar-refractivity contribution is -0.120. The van der Waals surface area contributed by atoms with Crippen molar-refractivity contribution in [2.24, 2.45) is 11.3 Å². The van der Waals surface area contributed by atoms with Gasteiger partial charge in [-0.2, -0.15) is 0 Å². The van der Waals surface area contributed by atoms with Gasteiger partial charge >= 0.3 is 0 Å². The molecule has 1 atom stereocenters. The van der Waals surface area contributed by atoms with Gasteiger partial charge in [-0.1, -0.05) is 25.2 Å². The summed E-state index contributed by atoms with van der Waals surface area (Å²) in [5.74, 6) is -0.548. The molecule has 9 heteroatoms. The number of hydrogen-bond donors (Lipinski definition) is 1. The predicted molar refractivity (Wildman–Crippen MR) is 96.3 cm³/mol. The lowest BCUT2D eigenvalue weighted by Gasteiger charge is -2.29. The monoisotopic (exact) mass is 385 g/mol. The fraction of sp³-hybridized carbons (Fsp3) is 0.688. The number of amides is 1. The molecule has 1 N–H and O–H groups in total. The van der Waals surface area contributed by atoms with E-state index in [1.807, 2.05) is 13.8 Å². The third-order valence-corrected chi connectivity index (χ3v) is 7.01. The molecule has 0 radical (unpaired) electrons. The van der Waals surface area contributed by atoms with Crippen LogP contribution in [0.2, 0.25) is 0 Å². The van der Waals surface area contributed by atoms with E-state index in [0.29, 0.717) is 42.2 Å². The maximum atomic E-state index is 12.5. The highest BCUT2D eigenvalue weighted by atomic mass is 32.2. The number of sulfonamides is 1. The van der Waals surface area contributed by atoms with Crippen molar-refractivity contribution in [3.63, 3.8) is 0 Å². The summed E-state index contributed by atoms with van der Waals surface area (Å²) in [6.45, 7) is 4.72. The molecule has 0 bridgehead atoms. The molecule has 1 aliphatic heterocycles. The zero-order valence-electron chi connectivity index (χ0n) is 14.7. The van der Waals surface area contributed by atoms with E-state index >= 15 is 0 Å². The molecule has 2 aliphatic rings. The van der Waals surface area contributed by atoms with E-state index in [1.54, 1.807) is 0 Å². The van der Waals surface area contributed by atoms with Gasteiger partial charge in [-0.3, -0.25) is 9.59 Å². The summed E-state index contributed by atoms with van der Waals surface area (Å²) in [4.78, 5) is 29.8. The zero-order valence-corrected chi connectivity index (χ0v) is 16.3. The highest BCUT2D eigenvalue weighted by molar-refractivity contribution is 7.88. The van der Waals surface area contributed by atoms with Crippen LogP contribution in [0.3, 0.4) is 0 Å². The summed E-state index contributed by atoms with van der Waals surface area (Å²) < 4.78 is 24.7. The Bertz CT molecular complexity index is 813. The number of carbonyl (C=O) groups excluding carboxylic acids is 2. The summed E-state index contributed by atoms with van der Waals surface area (Å²) in [5, 5.41) is 3.21. The molecule has 1 unspecified atom stereocenters. The topological polar surface area (TPSA) is 96.4 Å². The molecule has 0 aromatic carbocycles. The average Bonchev–Trinajstić information content (AvgIpc) is 2.87. The molecule has 2 heterocycles. The molecule has 1 saturated heterocycles. The van der Waals surface area contributed by atoms with Gasteiger partial charge in [-0.25, -0.2) is 17.7 Å². The van der Waals surface area contributed by atoms with Crippen LogP contribution < -0.4 is 5.32 Å². The Hall–Kier alpha value is -1.32. The van der Waals surface area contributed by atoms with E-state index < -0.39 is 15.9 Å². The number of hydrogen-bond acceptors (Lipinski definition) is 6. The Labute approximate surface area is 151 Å². The van der Waals surface area contributed by atoms with Gasteiger partial charge < -0.3 is 5.32 Å². The highest BCUT2D eigenvalue weighted by Gasteiger charge is 2.35. The second-order valence-electron chi connectivity index (χ2n) is 7.69. The van der Waals surface area contributed by atoms with Crippen LogP contribution in [0.1, 0.15) is 48.5 Å². The van der Waals surface area contributed by atoms with Gasteiger partial charge in [0, 0.05) is 19.5 Å². The number of thiazole rings is 1. The first kappa shape index (κ1) is 18.5. The van der Waals surface area contributed by atoms with Crippen molar-refractivity contribution >= 4 is 38.2 Å². The predicted octanol–water partition coefficient (Wildman–Crippen LogP) is 1.91. The number of nitrogens with zero attached hydrogens (tertiary/aromatic N) is 2. The molecular weight excluding hydrogens is 362 g/mol. The van der Waals surface area contributed by atoms with E-state index in [4.69, 9.17) is 0 Å². The van der Waals surface area contributed by atoms with E-state index in [1.165, 1.54) is 15.6 Å². The number of nitrogens with one attached hydrogen (secondary N) is 1. The molecule has 0 saturated carbocycles. The van der Waals surface area contributed by atoms with Crippen LogP contribution in [-0.4, -0.2) is 48.7 Å². The molecule has 0 spiro atoms. The van der Waals surface area contributed by atoms with E-state index in [9.17, 15) is 18.0 Å². The molecular formula is C16H23N3O4S2. The smallest absolute Gasteiger partial charge is 0.230 e. The number of anilines is 1.